The van der Waals surface area contributed by atoms with Gasteiger partial charge in [-0.2, -0.15) is 17.6 Å². The van der Waals surface area contributed by atoms with Crippen LogP contribution in [0.15, 0.2) is 30.6 Å². The molecule has 0 bridgehead atoms. The molecule has 196 valence electrons. The van der Waals surface area contributed by atoms with Crippen LogP contribution in [0.3, 0.4) is 0 Å². The smallest absolute Gasteiger partial charge is 0.422 e. The molecule has 9 nitrogen and oxygen atoms in total. The van der Waals surface area contributed by atoms with Gasteiger partial charge in [0.25, 0.3) is 5.91 Å². The molecule has 15 heteroatoms. The van der Waals surface area contributed by atoms with Crippen LogP contribution in [0.25, 0.3) is 0 Å². The maximum atomic E-state index is 15.3. The average molecular weight is 531 g/mol. The molecule has 0 aliphatic heterocycles. The molecule has 0 fully saturated rings. The molecule has 3 rings (SSSR count). The van der Waals surface area contributed by atoms with Crippen molar-refractivity contribution in [1.29, 1.82) is 0 Å². The van der Waals surface area contributed by atoms with E-state index in [2.05, 4.69) is 24.8 Å². The fraction of sp³-hybridized carbons (Fsp3) is 0.182. The van der Waals surface area contributed by atoms with Crippen molar-refractivity contribution < 1.29 is 54.9 Å². The van der Waals surface area contributed by atoms with Gasteiger partial charge in [0.2, 0.25) is 17.4 Å². The third-order valence-corrected chi connectivity index (χ3v) is 4.64. The summed E-state index contributed by atoms with van der Waals surface area (Å²) in [4.78, 5) is 31.6. The molecule has 0 spiro atoms. The molecule has 0 saturated heterocycles. The zero-order valence-corrected chi connectivity index (χ0v) is 19.0. The lowest BCUT2D eigenvalue weighted by Crippen LogP contribution is -2.20. The second kappa shape index (κ2) is 10.6. The number of carbonyl (C=O) groups is 2. The molecule has 0 radical (unpaired) electrons. The molecule has 0 saturated carbocycles. The summed E-state index contributed by atoms with van der Waals surface area (Å²) in [5, 5.41) is 2.07. The second-order valence-electron chi connectivity index (χ2n) is 6.87. The molecule has 37 heavy (non-hydrogen) atoms. The molecule has 0 aliphatic rings. The van der Waals surface area contributed by atoms with Gasteiger partial charge < -0.3 is 24.3 Å². The van der Waals surface area contributed by atoms with Crippen molar-refractivity contribution in [3.05, 3.63) is 65.0 Å². The van der Waals surface area contributed by atoms with Gasteiger partial charge in [-0.25, -0.2) is 23.5 Å². The quantitative estimate of drug-likeness (QED) is 0.344. The van der Waals surface area contributed by atoms with Gasteiger partial charge in [0, 0.05) is 6.07 Å². The molecule has 1 heterocycles. The van der Waals surface area contributed by atoms with E-state index in [1.54, 1.807) is 0 Å². The van der Waals surface area contributed by atoms with Crippen LogP contribution in [0, 0.1) is 17.5 Å². The Labute approximate surface area is 203 Å². The van der Waals surface area contributed by atoms with E-state index in [0.29, 0.717) is 12.1 Å². The fourth-order valence-corrected chi connectivity index (χ4v) is 3.01. The number of rotatable bonds is 7. The second-order valence-corrected chi connectivity index (χ2v) is 6.87. The van der Waals surface area contributed by atoms with Gasteiger partial charge in [0.15, 0.2) is 17.4 Å². The summed E-state index contributed by atoms with van der Waals surface area (Å²) >= 11 is 0. The van der Waals surface area contributed by atoms with Crippen LogP contribution in [-0.2, 0) is 10.9 Å². The minimum atomic E-state index is -5.31. The monoisotopic (exact) mass is 531 g/mol. The first-order valence-corrected chi connectivity index (χ1v) is 9.82. The lowest BCUT2D eigenvalue weighted by molar-refractivity contribution is -0.141. The van der Waals surface area contributed by atoms with E-state index >= 15 is 4.39 Å². The van der Waals surface area contributed by atoms with Gasteiger partial charge in [-0.3, -0.25) is 4.79 Å². The molecule has 1 aromatic heterocycles. The van der Waals surface area contributed by atoms with Gasteiger partial charge in [0.05, 0.1) is 39.4 Å². The van der Waals surface area contributed by atoms with Crippen LogP contribution in [0.1, 0.15) is 26.5 Å². The highest BCUT2D eigenvalue weighted by Crippen LogP contribution is 2.45. The standard InChI is InChI=1S/C22H15F6N3O6/c1-34-13-6-12(37-11-5-4-10(23)16(24)18(11)35-2)14(17(25)15(13)22(26,27)28)20(32)31-9-7-29-19(30-8-9)21(33)36-3/h4-8H,1-3H3,(H,31,32). The topological polar surface area (TPSA) is 109 Å². The molecule has 1 amide bonds. The normalized spacial score (nSPS) is 11.1. The predicted octanol–water partition coefficient (Wildman–Crippen LogP) is 4.76. The maximum Gasteiger partial charge on any atom is 0.422 e. The van der Waals surface area contributed by atoms with Crippen molar-refractivity contribution >= 4 is 17.6 Å². The van der Waals surface area contributed by atoms with E-state index in [0.717, 1.165) is 39.8 Å². The number of nitrogens with zero attached hydrogens (tertiary/aromatic N) is 2. The zero-order valence-electron chi connectivity index (χ0n) is 19.0. The summed E-state index contributed by atoms with van der Waals surface area (Å²) in [6, 6.07) is 2.00. The van der Waals surface area contributed by atoms with Crippen molar-refractivity contribution in [3.8, 4) is 23.0 Å². The minimum absolute atomic E-state index is 0.252. The number of amides is 1. The first-order chi connectivity index (χ1) is 17.4. The van der Waals surface area contributed by atoms with Crippen molar-refractivity contribution in [1.82, 2.24) is 9.97 Å². The van der Waals surface area contributed by atoms with E-state index < -0.39 is 75.5 Å². The number of nitrogens with one attached hydrogen (secondary N) is 1. The third kappa shape index (κ3) is 5.49. The van der Waals surface area contributed by atoms with E-state index in [-0.39, 0.29) is 5.69 Å². The Morgan fingerprint density at radius 1 is 0.892 bits per heavy atom. The highest BCUT2D eigenvalue weighted by Gasteiger charge is 2.41. The summed E-state index contributed by atoms with van der Waals surface area (Å²) in [5.41, 5.74) is -3.46. The summed E-state index contributed by atoms with van der Waals surface area (Å²) in [7, 11) is 2.83. The Balaban J connectivity index is 2.15. The first-order valence-electron chi connectivity index (χ1n) is 9.82. The number of halogens is 6. The largest absolute Gasteiger partial charge is 0.496 e. The Kier molecular flexibility index (Phi) is 7.74. The summed E-state index contributed by atoms with van der Waals surface area (Å²) in [6.45, 7) is 0. The zero-order chi connectivity index (χ0) is 27.5. The van der Waals surface area contributed by atoms with E-state index in [1.165, 1.54) is 0 Å². The molecular weight excluding hydrogens is 516 g/mol. The number of anilines is 1. The SMILES string of the molecule is COC(=O)c1ncc(NC(=O)c2c(Oc3ccc(F)c(F)c3OC)cc(OC)c(C(F)(F)F)c2F)cn1. The van der Waals surface area contributed by atoms with Crippen LogP contribution in [0.5, 0.6) is 23.0 Å². The van der Waals surface area contributed by atoms with Crippen LogP contribution in [0.2, 0.25) is 0 Å². The molecule has 3 aromatic rings. The van der Waals surface area contributed by atoms with Crippen molar-refractivity contribution in [3.63, 3.8) is 0 Å². The molecular formula is C22H15F6N3O6. The van der Waals surface area contributed by atoms with Gasteiger partial charge in [-0.05, 0) is 12.1 Å². The van der Waals surface area contributed by atoms with Crippen molar-refractivity contribution in [2.75, 3.05) is 26.6 Å². The number of alkyl halides is 3. The highest BCUT2D eigenvalue weighted by molar-refractivity contribution is 6.06. The molecule has 2 aromatic carbocycles. The number of ether oxygens (including phenoxy) is 4. The van der Waals surface area contributed by atoms with Crippen LogP contribution >= 0.6 is 0 Å². The summed E-state index contributed by atoms with van der Waals surface area (Å²) < 4.78 is 103. The Morgan fingerprint density at radius 2 is 1.54 bits per heavy atom. The van der Waals surface area contributed by atoms with E-state index in [9.17, 15) is 31.5 Å². The highest BCUT2D eigenvalue weighted by atomic mass is 19.4. The van der Waals surface area contributed by atoms with Crippen LogP contribution in [0.4, 0.5) is 32.0 Å². The third-order valence-electron chi connectivity index (χ3n) is 4.64. The number of aromatic nitrogens is 2. The lowest BCUT2D eigenvalue weighted by Gasteiger charge is -2.19. The molecule has 0 atom stereocenters. The molecule has 1 N–H and O–H groups in total. The molecule has 0 aliphatic carbocycles. The Morgan fingerprint density at radius 3 is 2.08 bits per heavy atom. The van der Waals surface area contributed by atoms with Gasteiger partial charge in [0.1, 0.15) is 22.6 Å². The van der Waals surface area contributed by atoms with Gasteiger partial charge >= 0.3 is 12.1 Å². The minimum Gasteiger partial charge on any atom is -0.496 e. The number of methoxy groups -OCH3 is 3. The summed E-state index contributed by atoms with van der Waals surface area (Å²) in [5.74, 6) is -11.1. The number of carbonyl (C=O) groups excluding carboxylic acids is 2. The van der Waals surface area contributed by atoms with Gasteiger partial charge in [-0.1, -0.05) is 0 Å². The maximum absolute atomic E-state index is 15.3. The number of hydrogen-bond acceptors (Lipinski definition) is 8. The number of benzene rings is 2. The van der Waals surface area contributed by atoms with E-state index in [4.69, 9.17) is 9.47 Å². The van der Waals surface area contributed by atoms with Crippen LogP contribution < -0.4 is 19.5 Å². The number of hydrogen-bond donors (Lipinski definition) is 1. The van der Waals surface area contributed by atoms with Gasteiger partial charge in [-0.15, -0.1) is 0 Å². The van der Waals surface area contributed by atoms with Crippen LogP contribution in [-0.4, -0.2) is 43.2 Å². The Hall–Kier alpha value is -4.56. The Bertz CT molecular complexity index is 1350. The van der Waals surface area contributed by atoms with E-state index in [1.807, 2.05) is 0 Å². The predicted molar refractivity (Wildman–Crippen MR) is 112 cm³/mol. The molecule has 0 unspecified atom stereocenters. The number of esters is 1. The van der Waals surface area contributed by atoms with Crippen molar-refractivity contribution in [2.45, 2.75) is 6.18 Å². The summed E-state index contributed by atoms with van der Waals surface area (Å²) in [6.07, 6.45) is -3.50. The lowest BCUT2D eigenvalue weighted by atomic mass is 10.1. The fourth-order valence-electron chi connectivity index (χ4n) is 3.01. The first kappa shape index (κ1) is 27.0. The average Bonchev–Trinajstić information content (AvgIpc) is 2.85. The van der Waals surface area contributed by atoms with Crippen molar-refractivity contribution in [2.24, 2.45) is 0 Å².